The topological polar surface area (TPSA) is 76.8 Å². The number of carbonyl (C=O) groups is 1. The van der Waals surface area contributed by atoms with Gasteiger partial charge in [-0.25, -0.2) is 0 Å². The third kappa shape index (κ3) is 5.04. The van der Waals surface area contributed by atoms with Crippen molar-refractivity contribution in [3.8, 4) is 0 Å². The van der Waals surface area contributed by atoms with E-state index in [9.17, 15) is 4.79 Å². The number of hydrogen-bond donors (Lipinski definition) is 3. The van der Waals surface area contributed by atoms with Gasteiger partial charge in [-0.05, 0) is 41.8 Å². The van der Waals surface area contributed by atoms with Crippen molar-refractivity contribution in [1.29, 1.82) is 10.8 Å². The first kappa shape index (κ1) is 16.9. The largest absolute Gasteiger partial charge is 0.326 e. The molecule has 0 saturated carbocycles. The Bertz CT molecular complexity index is 690. The van der Waals surface area contributed by atoms with Crippen molar-refractivity contribution < 1.29 is 4.79 Å². The SMILES string of the molecule is N=CC(C=N)c1ccc(NC(=O)CCc2cccc(Cl)c2)cc1. The van der Waals surface area contributed by atoms with Crippen LogP contribution in [0.1, 0.15) is 23.5 Å². The lowest BCUT2D eigenvalue weighted by Gasteiger charge is -2.09. The summed E-state index contributed by atoms with van der Waals surface area (Å²) in [6.07, 6.45) is 3.44. The van der Waals surface area contributed by atoms with Crippen LogP contribution in [0.4, 0.5) is 5.69 Å². The first-order valence-corrected chi connectivity index (χ1v) is 7.65. The molecule has 2 aromatic carbocycles. The van der Waals surface area contributed by atoms with Crippen LogP contribution in [-0.4, -0.2) is 18.3 Å². The van der Waals surface area contributed by atoms with Gasteiger partial charge in [0.15, 0.2) is 0 Å². The number of amides is 1. The van der Waals surface area contributed by atoms with Crippen molar-refractivity contribution in [1.82, 2.24) is 0 Å². The Labute approximate surface area is 140 Å². The van der Waals surface area contributed by atoms with Crippen molar-refractivity contribution in [2.24, 2.45) is 0 Å². The van der Waals surface area contributed by atoms with Gasteiger partial charge in [-0.1, -0.05) is 35.9 Å². The minimum atomic E-state index is -0.317. The van der Waals surface area contributed by atoms with Crippen molar-refractivity contribution in [3.63, 3.8) is 0 Å². The fourth-order valence-corrected chi connectivity index (χ4v) is 2.42. The molecule has 5 heteroatoms. The van der Waals surface area contributed by atoms with Gasteiger partial charge in [0.05, 0.1) is 5.92 Å². The van der Waals surface area contributed by atoms with Crippen LogP contribution in [0.5, 0.6) is 0 Å². The molecular weight excluding hydrogens is 310 g/mol. The normalized spacial score (nSPS) is 11.5. The lowest BCUT2D eigenvalue weighted by molar-refractivity contribution is -0.116. The lowest BCUT2D eigenvalue weighted by atomic mass is 10.0. The number of rotatable bonds is 7. The molecule has 118 valence electrons. The maximum atomic E-state index is 12.0. The fraction of sp³-hybridized carbons (Fsp3) is 0.167. The predicted molar refractivity (Wildman–Crippen MR) is 95.2 cm³/mol. The lowest BCUT2D eigenvalue weighted by Crippen LogP contribution is -2.12. The number of carbonyl (C=O) groups excluding carboxylic acids is 1. The Kier molecular flexibility index (Phi) is 6.06. The monoisotopic (exact) mass is 327 g/mol. The second-order valence-corrected chi connectivity index (χ2v) is 5.60. The van der Waals surface area contributed by atoms with E-state index in [2.05, 4.69) is 5.32 Å². The molecule has 2 rings (SSSR count). The van der Waals surface area contributed by atoms with E-state index in [0.717, 1.165) is 11.1 Å². The maximum Gasteiger partial charge on any atom is 0.224 e. The Balaban J connectivity index is 1.90. The summed E-state index contributed by atoms with van der Waals surface area (Å²) in [5.41, 5.74) is 2.59. The van der Waals surface area contributed by atoms with Crippen LogP contribution in [0, 0.1) is 10.8 Å². The minimum Gasteiger partial charge on any atom is -0.326 e. The molecular formula is C18H18ClN3O. The zero-order valence-corrected chi connectivity index (χ0v) is 13.3. The van der Waals surface area contributed by atoms with Gasteiger partial charge in [0, 0.05) is 29.6 Å². The average Bonchev–Trinajstić information content (AvgIpc) is 2.56. The van der Waals surface area contributed by atoms with E-state index in [1.54, 1.807) is 12.1 Å². The highest BCUT2D eigenvalue weighted by Gasteiger charge is 2.07. The molecule has 0 atom stereocenters. The number of aryl methyl sites for hydroxylation is 1. The van der Waals surface area contributed by atoms with Crippen LogP contribution in [0.2, 0.25) is 5.02 Å². The molecule has 4 nitrogen and oxygen atoms in total. The van der Waals surface area contributed by atoms with Crippen LogP contribution in [0.15, 0.2) is 48.5 Å². The van der Waals surface area contributed by atoms with E-state index in [4.69, 9.17) is 22.4 Å². The Morgan fingerprint density at radius 1 is 1.13 bits per heavy atom. The van der Waals surface area contributed by atoms with Crippen molar-refractivity contribution in [3.05, 3.63) is 64.7 Å². The molecule has 0 aromatic heterocycles. The third-order valence-corrected chi connectivity index (χ3v) is 3.70. The molecule has 0 radical (unpaired) electrons. The molecule has 0 aliphatic heterocycles. The van der Waals surface area contributed by atoms with Gasteiger partial charge >= 0.3 is 0 Å². The zero-order chi connectivity index (χ0) is 16.7. The molecule has 23 heavy (non-hydrogen) atoms. The van der Waals surface area contributed by atoms with Gasteiger partial charge in [0.25, 0.3) is 0 Å². The highest BCUT2D eigenvalue weighted by atomic mass is 35.5. The zero-order valence-electron chi connectivity index (χ0n) is 12.6. The first-order valence-electron chi connectivity index (χ1n) is 7.28. The molecule has 1 amide bonds. The first-order chi connectivity index (χ1) is 11.1. The van der Waals surface area contributed by atoms with E-state index < -0.39 is 0 Å². The van der Waals surface area contributed by atoms with E-state index >= 15 is 0 Å². The highest BCUT2D eigenvalue weighted by molar-refractivity contribution is 6.30. The van der Waals surface area contributed by atoms with Gasteiger partial charge in [0.2, 0.25) is 5.91 Å². The van der Waals surface area contributed by atoms with E-state index in [1.165, 1.54) is 12.4 Å². The molecule has 0 spiro atoms. The van der Waals surface area contributed by atoms with E-state index in [0.29, 0.717) is 23.6 Å². The minimum absolute atomic E-state index is 0.0617. The summed E-state index contributed by atoms with van der Waals surface area (Å²) in [5, 5.41) is 18.0. The smallest absolute Gasteiger partial charge is 0.224 e. The molecule has 0 bridgehead atoms. The van der Waals surface area contributed by atoms with Crippen LogP contribution < -0.4 is 5.32 Å². The summed E-state index contributed by atoms with van der Waals surface area (Å²) in [4.78, 5) is 12.0. The fourth-order valence-electron chi connectivity index (χ4n) is 2.20. The summed E-state index contributed by atoms with van der Waals surface area (Å²) in [6, 6.07) is 14.7. The number of halogens is 1. The van der Waals surface area contributed by atoms with Crippen molar-refractivity contribution in [2.45, 2.75) is 18.8 Å². The van der Waals surface area contributed by atoms with Gasteiger partial charge in [-0.15, -0.1) is 0 Å². The molecule has 2 aromatic rings. The summed E-state index contributed by atoms with van der Waals surface area (Å²) in [7, 11) is 0. The Morgan fingerprint density at radius 2 is 1.83 bits per heavy atom. The van der Waals surface area contributed by atoms with Crippen LogP contribution in [0.25, 0.3) is 0 Å². The predicted octanol–water partition coefficient (Wildman–Crippen LogP) is 4.29. The molecule has 0 fully saturated rings. The van der Waals surface area contributed by atoms with Gasteiger partial charge in [-0.2, -0.15) is 0 Å². The van der Waals surface area contributed by atoms with Gasteiger partial charge < -0.3 is 16.1 Å². The summed E-state index contributed by atoms with van der Waals surface area (Å²) < 4.78 is 0. The second-order valence-electron chi connectivity index (χ2n) is 5.16. The number of hydrogen-bond acceptors (Lipinski definition) is 3. The van der Waals surface area contributed by atoms with Crippen LogP contribution in [0.3, 0.4) is 0 Å². The summed E-state index contributed by atoms with van der Waals surface area (Å²) in [6.45, 7) is 0. The van der Waals surface area contributed by atoms with Crippen molar-refractivity contribution in [2.75, 3.05) is 5.32 Å². The molecule has 0 aliphatic carbocycles. The standard InChI is InChI=1S/C18H18ClN3O/c19-16-3-1-2-13(10-16)4-9-18(23)22-17-7-5-14(6-8-17)15(11-20)12-21/h1-3,5-8,10-12,15,20-21H,4,9H2,(H,22,23). The molecule has 0 saturated heterocycles. The maximum absolute atomic E-state index is 12.0. The second kappa shape index (κ2) is 8.25. The number of benzene rings is 2. The molecule has 0 heterocycles. The summed E-state index contributed by atoms with van der Waals surface area (Å²) in [5.74, 6) is -0.379. The Morgan fingerprint density at radius 3 is 2.43 bits per heavy atom. The Hall–Kier alpha value is -2.46. The summed E-state index contributed by atoms with van der Waals surface area (Å²) >= 11 is 5.92. The quantitative estimate of drug-likeness (QED) is 0.652. The van der Waals surface area contributed by atoms with Crippen LogP contribution in [-0.2, 0) is 11.2 Å². The molecule has 0 aliphatic rings. The van der Waals surface area contributed by atoms with E-state index in [-0.39, 0.29) is 11.8 Å². The van der Waals surface area contributed by atoms with Gasteiger partial charge in [0.1, 0.15) is 0 Å². The third-order valence-electron chi connectivity index (χ3n) is 3.47. The van der Waals surface area contributed by atoms with Gasteiger partial charge in [-0.3, -0.25) is 4.79 Å². The molecule has 0 unspecified atom stereocenters. The number of nitrogens with one attached hydrogen (secondary N) is 3. The highest BCUT2D eigenvalue weighted by Crippen LogP contribution is 2.16. The van der Waals surface area contributed by atoms with Crippen LogP contribution >= 0.6 is 11.6 Å². The molecule has 3 N–H and O–H groups in total. The van der Waals surface area contributed by atoms with E-state index in [1.807, 2.05) is 36.4 Å². The average molecular weight is 328 g/mol. The number of anilines is 1. The van der Waals surface area contributed by atoms with Crippen molar-refractivity contribution >= 4 is 35.6 Å².